The molecule has 0 saturated heterocycles. The standard InChI is InChI=1S/C20H22BrClNO2PS/c1-11-9-14-18(27-19(21)23-14)17(12-5-7-13(22)8-6-12)16(11)15(10-24-26)25-20(2,3)4/h5-9,15H,10,26H2,1-4H3/t15-/m1/s1. The van der Waals surface area contributed by atoms with Gasteiger partial charge in [0, 0.05) is 20.1 Å². The van der Waals surface area contributed by atoms with Gasteiger partial charge in [0.05, 0.1) is 22.4 Å². The summed E-state index contributed by atoms with van der Waals surface area (Å²) >= 11 is 11.3. The van der Waals surface area contributed by atoms with Crippen LogP contribution in [0.5, 0.6) is 0 Å². The van der Waals surface area contributed by atoms with Crippen molar-refractivity contribution in [2.45, 2.75) is 39.4 Å². The van der Waals surface area contributed by atoms with Crippen LogP contribution >= 0.6 is 48.3 Å². The fourth-order valence-electron chi connectivity index (χ4n) is 3.19. The molecule has 3 nitrogen and oxygen atoms in total. The predicted octanol–water partition coefficient (Wildman–Crippen LogP) is 7.35. The third-order valence-corrected chi connectivity index (χ3v) is 6.08. The molecule has 0 aliphatic heterocycles. The molecule has 27 heavy (non-hydrogen) atoms. The van der Waals surface area contributed by atoms with Crippen molar-refractivity contribution in [1.82, 2.24) is 4.98 Å². The maximum absolute atomic E-state index is 6.39. The van der Waals surface area contributed by atoms with Gasteiger partial charge in [-0.25, -0.2) is 4.98 Å². The molecule has 0 fully saturated rings. The van der Waals surface area contributed by atoms with E-state index < -0.39 is 0 Å². The van der Waals surface area contributed by atoms with Crippen LogP contribution in [-0.4, -0.2) is 17.2 Å². The molecule has 7 heteroatoms. The average molecular weight is 487 g/mol. The lowest BCUT2D eigenvalue weighted by Crippen LogP contribution is -2.25. The smallest absolute Gasteiger partial charge is 0.160 e. The minimum atomic E-state index is -0.305. The summed E-state index contributed by atoms with van der Waals surface area (Å²) in [7, 11) is 2.33. The first-order valence-corrected chi connectivity index (χ1v) is 11.0. The van der Waals surface area contributed by atoms with Gasteiger partial charge < -0.3 is 9.26 Å². The van der Waals surface area contributed by atoms with E-state index in [-0.39, 0.29) is 11.7 Å². The molecule has 0 aliphatic carbocycles. The largest absolute Gasteiger partial charge is 0.365 e. The number of ether oxygens (including phenoxy) is 1. The van der Waals surface area contributed by atoms with Crippen molar-refractivity contribution in [2.75, 3.05) is 6.61 Å². The molecule has 144 valence electrons. The van der Waals surface area contributed by atoms with Gasteiger partial charge in [0.1, 0.15) is 6.10 Å². The van der Waals surface area contributed by atoms with Crippen LogP contribution in [0.2, 0.25) is 5.02 Å². The van der Waals surface area contributed by atoms with Crippen molar-refractivity contribution in [3.8, 4) is 11.1 Å². The Morgan fingerprint density at radius 3 is 2.52 bits per heavy atom. The van der Waals surface area contributed by atoms with Gasteiger partial charge in [-0.15, -0.1) is 11.3 Å². The van der Waals surface area contributed by atoms with Crippen molar-refractivity contribution >= 4 is 58.6 Å². The molecule has 0 amide bonds. The Balaban J connectivity index is 2.31. The highest BCUT2D eigenvalue weighted by atomic mass is 79.9. The van der Waals surface area contributed by atoms with Crippen LogP contribution in [0.15, 0.2) is 34.2 Å². The van der Waals surface area contributed by atoms with Crippen molar-refractivity contribution in [3.63, 3.8) is 0 Å². The first-order chi connectivity index (χ1) is 12.7. The number of hydrogen-bond donors (Lipinski definition) is 0. The van der Waals surface area contributed by atoms with Crippen LogP contribution in [-0.2, 0) is 9.26 Å². The highest BCUT2D eigenvalue weighted by Crippen LogP contribution is 2.43. The number of hydrogen-bond acceptors (Lipinski definition) is 4. The van der Waals surface area contributed by atoms with Crippen molar-refractivity contribution in [3.05, 3.63) is 50.4 Å². The molecule has 1 heterocycles. The molecule has 3 rings (SSSR count). The van der Waals surface area contributed by atoms with Gasteiger partial charge in [-0.2, -0.15) is 0 Å². The van der Waals surface area contributed by atoms with E-state index in [2.05, 4.69) is 64.1 Å². The van der Waals surface area contributed by atoms with Gasteiger partial charge >= 0.3 is 0 Å². The van der Waals surface area contributed by atoms with Crippen LogP contribution in [0.25, 0.3) is 21.3 Å². The van der Waals surface area contributed by atoms with Gasteiger partial charge in [-0.05, 0) is 78.5 Å². The molecule has 0 spiro atoms. The summed E-state index contributed by atoms with van der Waals surface area (Å²) in [5.74, 6) is 0. The molecular formula is C20H22BrClNO2PS. The Kier molecular flexibility index (Phi) is 6.62. The maximum atomic E-state index is 6.39. The first-order valence-electron chi connectivity index (χ1n) is 8.54. The lowest BCUT2D eigenvalue weighted by molar-refractivity contribution is -0.0761. The quantitative estimate of drug-likeness (QED) is 0.353. The van der Waals surface area contributed by atoms with Gasteiger partial charge in [0.15, 0.2) is 3.92 Å². The monoisotopic (exact) mass is 485 g/mol. The van der Waals surface area contributed by atoms with E-state index in [9.17, 15) is 0 Å². The molecule has 0 saturated carbocycles. The summed E-state index contributed by atoms with van der Waals surface area (Å²) in [4.78, 5) is 4.63. The van der Waals surface area contributed by atoms with Crippen LogP contribution in [0.3, 0.4) is 0 Å². The Morgan fingerprint density at radius 1 is 1.26 bits per heavy atom. The SMILES string of the molecule is Cc1cc2nc(Br)sc2c(-c2ccc(Cl)cc2)c1[C@@H](COP)OC(C)(C)C. The van der Waals surface area contributed by atoms with E-state index in [0.717, 1.165) is 36.4 Å². The van der Waals surface area contributed by atoms with Crippen molar-refractivity contribution in [2.24, 2.45) is 0 Å². The van der Waals surface area contributed by atoms with E-state index in [1.165, 1.54) is 0 Å². The van der Waals surface area contributed by atoms with Crippen LogP contribution in [0.1, 0.15) is 38.0 Å². The zero-order valence-electron chi connectivity index (χ0n) is 15.7. The molecule has 2 atom stereocenters. The third-order valence-electron chi connectivity index (χ3n) is 4.10. The number of rotatable bonds is 5. The number of benzene rings is 2. The molecule has 2 aromatic carbocycles. The molecule has 0 N–H and O–H groups in total. The van der Waals surface area contributed by atoms with Gasteiger partial charge in [0.25, 0.3) is 0 Å². The number of aryl methyl sites for hydroxylation is 1. The number of halogens is 2. The summed E-state index contributed by atoms with van der Waals surface area (Å²) < 4.78 is 13.8. The molecule has 3 aromatic rings. The lowest BCUT2D eigenvalue weighted by atomic mass is 9.91. The van der Waals surface area contributed by atoms with E-state index >= 15 is 0 Å². The van der Waals surface area contributed by atoms with Crippen LogP contribution < -0.4 is 0 Å². The van der Waals surface area contributed by atoms with Crippen LogP contribution in [0.4, 0.5) is 0 Å². The Hall–Kier alpha value is -0.550. The molecule has 1 unspecified atom stereocenters. The predicted molar refractivity (Wildman–Crippen MR) is 122 cm³/mol. The van der Waals surface area contributed by atoms with Crippen molar-refractivity contribution < 1.29 is 9.26 Å². The normalized spacial score (nSPS) is 13.3. The first kappa shape index (κ1) is 21.2. The second-order valence-corrected chi connectivity index (χ2v) is 10.4. The van der Waals surface area contributed by atoms with Crippen molar-refractivity contribution in [1.29, 1.82) is 0 Å². The van der Waals surface area contributed by atoms with Gasteiger partial charge in [-0.3, -0.25) is 0 Å². The average Bonchev–Trinajstić information content (AvgIpc) is 2.92. The third kappa shape index (κ3) is 4.90. The summed E-state index contributed by atoms with van der Waals surface area (Å²) in [5, 5.41) is 0.713. The van der Waals surface area contributed by atoms with Gasteiger partial charge in [0.2, 0.25) is 0 Å². The molecule has 1 aromatic heterocycles. The van der Waals surface area contributed by atoms with E-state index in [0.29, 0.717) is 11.6 Å². The summed E-state index contributed by atoms with van der Waals surface area (Å²) in [6.07, 6.45) is -0.210. The zero-order chi connectivity index (χ0) is 19.8. The zero-order valence-corrected chi connectivity index (χ0v) is 20.0. The minimum absolute atomic E-state index is 0.210. The highest BCUT2D eigenvalue weighted by molar-refractivity contribution is 9.11. The number of aromatic nitrogens is 1. The molecule has 0 bridgehead atoms. The number of fused-ring (bicyclic) bond motifs is 1. The molecule has 0 aliphatic rings. The van der Waals surface area contributed by atoms with Gasteiger partial charge in [-0.1, -0.05) is 23.7 Å². The second-order valence-electron chi connectivity index (χ2n) is 7.36. The highest BCUT2D eigenvalue weighted by Gasteiger charge is 2.27. The lowest BCUT2D eigenvalue weighted by Gasteiger charge is -2.30. The van der Waals surface area contributed by atoms with E-state index in [1.54, 1.807) is 11.3 Å². The second kappa shape index (κ2) is 8.44. The molecular weight excluding hydrogens is 465 g/mol. The van der Waals surface area contributed by atoms with Crippen LogP contribution in [0, 0.1) is 6.92 Å². The fraction of sp³-hybridized carbons (Fsp3) is 0.350. The minimum Gasteiger partial charge on any atom is -0.365 e. The van der Waals surface area contributed by atoms with E-state index in [4.69, 9.17) is 20.9 Å². The van der Waals surface area contributed by atoms with E-state index in [1.807, 2.05) is 24.3 Å². The fourth-order valence-corrected chi connectivity index (χ4v) is 5.02. The Morgan fingerprint density at radius 2 is 1.93 bits per heavy atom. The summed E-state index contributed by atoms with van der Waals surface area (Å²) in [6.45, 7) is 8.71. The summed E-state index contributed by atoms with van der Waals surface area (Å²) in [6, 6.07) is 10.0. The Labute approximate surface area is 179 Å². The number of nitrogens with zero attached hydrogens (tertiary/aromatic N) is 1. The Bertz CT molecular complexity index is 953. The molecule has 0 radical (unpaired) electrons. The number of thiazole rings is 1. The maximum Gasteiger partial charge on any atom is 0.160 e. The summed E-state index contributed by atoms with van der Waals surface area (Å²) in [5.41, 5.74) is 5.13. The topological polar surface area (TPSA) is 31.4 Å².